The van der Waals surface area contributed by atoms with Crippen LogP contribution < -0.4 is 15.9 Å². The summed E-state index contributed by atoms with van der Waals surface area (Å²) in [4.78, 5) is 9.27. The van der Waals surface area contributed by atoms with Gasteiger partial charge < -0.3 is 28.8 Å². The second-order valence-corrected chi connectivity index (χ2v) is 9.50. The van der Waals surface area contributed by atoms with E-state index in [1.54, 1.807) is 0 Å². The minimum absolute atomic E-state index is 0.159. The molecule has 2 aliphatic rings. The summed E-state index contributed by atoms with van der Waals surface area (Å²) in [5.74, 6) is 1.66. The Morgan fingerprint density at radius 1 is 1.00 bits per heavy atom. The monoisotopic (exact) mass is 432 g/mol. The summed E-state index contributed by atoms with van der Waals surface area (Å²) in [5.41, 5.74) is 9.95. The molecular weight excluding hydrogens is 407 g/mol. The molecule has 8 nitrogen and oxygen atoms in total. The van der Waals surface area contributed by atoms with Crippen LogP contribution in [0.5, 0.6) is 5.75 Å². The third-order valence-electron chi connectivity index (χ3n) is 6.80. The van der Waals surface area contributed by atoms with Crippen LogP contribution in [0.25, 0.3) is 33.5 Å². The molecule has 0 bridgehead atoms. The molecule has 9 heteroatoms. The zero-order valence-electron chi connectivity index (χ0n) is 18.6. The molecule has 0 amide bonds. The maximum atomic E-state index is 6.28. The number of imidazole rings is 1. The van der Waals surface area contributed by atoms with Crippen molar-refractivity contribution in [3.63, 3.8) is 0 Å². The molecule has 1 saturated heterocycles. The van der Waals surface area contributed by atoms with Crippen molar-refractivity contribution in [2.75, 3.05) is 12.3 Å². The van der Waals surface area contributed by atoms with Crippen LogP contribution in [0.4, 0.5) is 6.01 Å². The van der Waals surface area contributed by atoms with Gasteiger partial charge in [-0.2, -0.15) is 4.98 Å². The standard InChI is InChI=1S/C23H25BN4O4/c1-22(2)23(3,4)32-24(31-22)14-11-16-19-18(12-14)29-9-5-8-28(19)20(26-16)13-6-7-17-15(10-13)27-21(25)30-17/h6-7,10-12H,5,8-9H2,1-4H3,(H2,25,27). The van der Waals surface area contributed by atoms with Gasteiger partial charge in [-0.05, 0) is 69.9 Å². The van der Waals surface area contributed by atoms with Crippen molar-refractivity contribution in [3.8, 4) is 17.1 Å². The first-order valence-electron chi connectivity index (χ1n) is 10.9. The summed E-state index contributed by atoms with van der Waals surface area (Å²) >= 11 is 0. The van der Waals surface area contributed by atoms with E-state index in [1.807, 2.05) is 30.3 Å². The number of aryl methyl sites for hydroxylation is 1. The van der Waals surface area contributed by atoms with E-state index in [0.29, 0.717) is 17.7 Å². The predicted molar refractivity (Wildman–Crippen MR) is 123 cm³/mol. The summed E-state index contributed by atoms with van der Waals surface area (Å²) in [6, 6.07) is 10.1. The van der Waals surface area contributed by atoms with E-state index in [4.69, 9.17) is 29.2 Å². The third kappa shape index (κ3) is 2.84. The summed E-state index contributed by atoms with van der Waals surface area (Å²) in [5, 5.41) is 0. The number of anilines is 1. The highest BCUT2D eigenvalue weighted by molar-refractivity contribution is 6.62. The van der Waals surface area contributed by atoms with Gasteiger partial charge in [-0.25, -0.2) is 4.98 Å². The SMILES string of the molecule is CC1(C)OB(c2cc3c4c(c2)nc(-c2ccc5oc(N)nc5c2)n4CCCO3)OC1(C)C. The molecule has 6 rings (SSSR count). The number of nitrogens with zero attached hydrogens (tertiary/aromatic N) is 3. The lowest BCUT2D eigenvalue weighted by Crippen LogP contribution is -2.41. The van der Waals surface area contributed by atoms with Crippen molar-refractivity contribution in [3.05, 3.63) is 30.3 Å². The lowest BCUT2D eigenvalue weighted by molar-refractivity contribution is 0.00578. The number of nitrogen functional groups attached to an aromatic ring is 1. The van der Waals surface area contributed by atoms with Crippen LogP contribution >= 0.6 is 0 Å². The van der Waals surface area contributed by atoms with E-state index >= 15 is 0 Å². The van der Waals surface area contributed by atoms with Gasteiger partial charge in [0.2, 0.25) is 0 Å². The molecule has 32 heavy (non-hydrogen) atoms. The zero-order chi connectivity index (χ0) is 22.3. The number of ether oxygens (including phenoxy) is 1. The number of nitrogens with two attached hydrogens (primary N) is 1. The molecule has 0 aliphatic carbocycles. The number of oxazole rings is 1. The quantitative estimate of drug-likeness (QED) is 0.484. The van der Waals surface area contributed by atoms with Gasteiger partial charge in [0.1, 0.15) is 22.6 Å². The molecule has 1 fully saturated rings. The summed E-state index contributed by atoms with van der Waals surface area (Å²) < 4.78 is 26.3. The molecule has 2 aromatic carbocycles. The molecular formula is C23H25BN4O4. The van der Waals surface area contributed by atoms with E-state index in [9.17, 15) is 0 Å². The number of hydrogen-bond donors (Lipinski definition) is 1. The maximum absolute atomic E-state index is 6.28. The topological polar surface area (TPSA) is 97.6 Å². The second-order valence-electron chi connectivity index (χ2n) is 9.50. The van der Waals surface area contributed by atoms with Gasteiger partial charge in [0.15, 0.2) is 5.58 Å². The van der Waals surface area contributed by atoms with Crippen molar-refractivity contribution < 1.29 is 18.5 Å². The Balaban J connectivity index is 1.50. The largest absolute Gasteiger partial charge is 0.495 e. The minimum Gasteiger partial charge on any atom is -0.491 e. The molecule has 2 aromatic heterocycles. The second kappa shape index (κ2) is 6.49. The Bertz CT molecular complexity index is 1360. The van der Waals surface area contributed by atoms with Crippen molar-refractivity contribution in [1.29, 1.82) is 0 Å². The summed E-state index contributed by atoms with van der Waals surface area (Å²) in [6.45, 7) is 9.66. The van der Waals surface area contributed by atoms with E-state index in [-0.39, 0.29) is 6.01 Å². The first-order valence-corrected chi connectivity index (χ1v) is 10.9. The number of hydrogen-bond acceptors (Lipinski definition) is 7. The van der Waals surface area contributed by atoms with Crippen LogP contribution in [0.2, 0.25) is 0 Å². The molecule has 4 aromatic rings. The third-order valence-corrected chi connectivity index (χ3v) is 6.80. The van der Waals surface area contributed by atoms with E-state index < -0.39 is 18.3 Å². The van der Waals surface area contributed by atoms with Crippen molar-refractivity contribution in [2.45, 2.75) is 51.9 Å². The van der Waals surface area contributed by atoms with E-state index in [0.717, 1.165) is 46.6 Å². The lowest BCUT2D eigenvalue weighted by Gasteiger charge is -2.32. The number of rotatable bonds is 2. The fourth-order valence-electron chi connectivity index (χ4n) is 4.40. The molecule has 164 valence electrons. The van der Waals surface area contributed by atoms with Crippen LogP contribution in [0.1, 0.15) is 34.1 Å². The highest BCUT2D eigenvalue weighted by Gasteiger charge is 2.52. The Hall–Kier alpha value is -3.04. The molecule has 0 unspecified atom stereocenters. The van der Waals surface area contributed by atoms with Crippen molar-refractivity contribution >= 4 is 40.7 Å². The highest BCUT2D eigenvalue weighted by atomic mass is 16.7. The van der Waals surface area contributed by atoms with E-state index in [2.05, 4.69) is 37.2 Å². The molecule has 0 spiro atoms. The molecule has 4 heterocycles. The van der Waals surface area contributed by atoms with Crippen LogP contribution in [-0.4, -0.2) is 39.5 Å². The molecule has 0 radical (unpaired) electrons. The zero-order valence-corrected chi connectivity index (χ0v) is 18.6. The van der Waals surface area contributed by atoms with Crippen LogP contribution in [-0.2, 0) is 15.9 Å². The average molecular weight is 432 g/mol. The van der Waals surface area contributed by atoms with Gasteiger partial charge >= 0.3 is 7.12 Å². The van der Waals surface area contributed by atoms with Gasteiger partial charge in [-0.15, -0.1) is 0 Å². The Kier molecular flexibility index (Phi) is 3.98. The Morgan fingerprint density at radius 3 is 2.56 bits per heavy atom. The smallest absolute Gasteiger partial charge is 0.491 e. The maximum Gasteiger partial charge on any atom is 0.495 e. The fourth-order valence-corrected chi connectivity index (χ4v) is 4.40. The van der Waals surface area contributed by atoms with Gasteiger partial charge in [-0.3, -0.25) is 0 Å². The Morgan fingerprint density at radius 2 is 1.78 bits per heavy atom. The van der Waals surface area contributed by atoms with Crippen molar-refractivity contribution in [2.24, 2.45) is 0 Å². The number of fused-ring (bicyclic) bond motifs is 1. The van der Waals surface area contributed by atoms with Gasteiger partial charge in [0.25, 0.3) is 6.01 Å². The summed E-state index contributed by atoms with van der Waals surface area (Å²) in [7, 11) is -0.476. The Labute approximate surface area is 185 Å². The molecule has 0 atom stereocenters. The van der Waals surface area contributed by atoms with Gasteiger partial charge in [-0.1, -0.05) is 0 Å². The van der Waals surface area contributed by atoms with Crippen LogP contribution in [0.15, 0.2) is 34.7 Å². The van der Waals surface area contributed by atoms with Crippen LogP contribution in [0, 0.1) is 0 Å². The number of aromatic nitrogens is 3. The molecule has 0 saturated carbocycles. The predicted octanol–water partition coefficient (Wildman–Crippen LogP) is 3.51. The fraction of sp³-hybridized carbons (Fsp3) is 0.391. The van der Waals surface area contributed by atoms with E-state index in [1.165, 1.54) is 0 Å². The van der Waals surface area contributed by atoms with Gasteiger partial charge in [0.05, 0.1) is 23.3 Å². The molecule has 2 aliphatic heterocycles. The number of benzene rings is 2. The lowest BCUT2D eigenvalue weighted by atomic mass is 9.79. The van der Waals surface area contributed by atoms with Crippen molar-refractivity contribution in [1.82, 2.24) is 14.5 Å². The summed E-state index contributed by atoms with van der Waals surface area (Å²) in [6.07, 6.45) is 0.887. The normalized spacial score (nSPS) is 19.4. The van der Waals surface area contributed by atoms with Crippen LogP contribution in [0.3, 0.4) is 0 Å². The average Bonchev–Trinajstić information content (AvgIpc) is 3.28. The highest BCUT2D eigenvalue weighted by Crippen LogP contribution is 2.38. The van der Waals surface area contributed by atoms with Gasteiger partial charge in [0, 0.05) is 12.1 Å². The first kappa shape index (κ1) is 19.6. The minimum atomic E-state index is -0.476. The first-order chi connectivity index (χ1) is 15.2. The molecule has 2 N–H and O–H groups in total.